The number of nitrogens with one attached hydrogen (secondary N) is 2. The zero-order valence-electron chi connectivity index (χ0n) is 12.8. The van der Waals surface area contributed by atoms with Crippen molar-refractivity contribution in [2.24, 2.45) is 5.41 Å². The van der Waals surface area contributed by atoms with Crippen LogP contribution in [0.15, 0.2) is 0 Å². The first-order chi connectivity index (χ1) is 8.74. The number of alkyl carbamates (subject to hydrolysis) is 1. The van der Waals surface area contributed by atoms with Gasteiger partial charge in [0.1, 0.15) is 5.60 Å². The molecule has 112 valence electrons. The van der Waals surface area contributed by atoms with E-state index in [1.807, 2.05) is 20.8 Å². The topological polar surface area (TPSA) is 59.6 Å². The van der Waals surface area contributed by atoms with E-state index in [0.717, 1.165) is 26.2 Å². The highest BCUT2D eigenvalue weighted by molar-refractivity contribution is 5.67. The molecule has 0 saturated carbocycles. The lowest BCUT2D eigenvalue weighted by molar-refractivity contribution is -0.1000. The molecule has 1 saturated heterocycles. The molecule has 0 radical (unpaired) electrons. The molecule has 19 heavy (non-hydrogen) atoms. The molecule has 1 unspecified atom stereocenters. The smallest absolute Gasteiger partial charge is 0.407 e. The largest absolute Gasteiger partial charge is 0.444 e. The highest BCUT2D eigenvalue weighted by Gasteiger charge is 2.33. The molecule has 1 aliphatic rings. The van der Waals surface area contributed by atoms with Crippen LogP contribution in [0.1, 0.15) is 41.0 Å². The molecule has 0 aromatic rings. The monoisotopic (exact) mass is 272 g/mol. The Bertz CT molecular complexity index is 296. The third-order valence-electron chi connectivity index (χ3n) is 3.10. The van der Waals surface area contributed by atoms with Crippen molar-refractivity contribution in [1.29, 1.82) is 0 Å². The van der Waals surface area contributed by atoms with Crippen molar-refractivity contribution in [3.8, 4) is 0 Å². The molecule has 5 nitrogen and oxygen atoms in total. The van der Waals surface area contributed by atoms with E-state index in [1.54, 1.807) is 0 Å². The standard InChI is InChI=1S/C14H28N2O3/c1-6-11(16-8-14(5)9-18-10-14)7-15-12(17)19-13(2,3)4/h11,16H,6-10H2,1-5H3,(H,15,17). The van der Waals surface area contributed by atoms with Gasteiger partial charge in [-0.2, -0.15) is 0 Å². The van der Waals surface area contributed by atoms with E-state index >= 15 is 0 Å². The summed E-state index contributed by atoms with van der Waals surface area (Å²) in [5.74, 6) is 0. The van der Waals surface area contributed by atoms with Crippen LogP contribution in [0.25, 0.3) is 0 Å². The molecule has 1 amide bonds. The van der Waals surface area contributed by atoms with Gasteiger partial charge >= 0.3 is 6.09 Å². The predicted octanol–water partition coefficient (Wildman–Crippen LogP) is 1.92. The van der Waals surface area contributed by atoms with Crippen LogP contribution in [0, 0.1) is 5.41 Å². The van der Waals surface area contributed by atoms with Crippen molar-refractivity contribution >= 4 is 6.09 Å². The van der Waals surface area contributed by atoms with Gasteiger partial charge in [-0.15, -0.1) is 0 Å². The van der Waals surface area contributed by atoms with Gasteiger partial charge in [0.05, 0.1) is 13.2 Å². The van der Waals surface area contributed by atoms with Crippen LogP contribution in [-0.4, -0.2) is 44.0 Å². The van der Waals surface area contributed by atoms with Gasteiger partial charge in [0.15, 0.2) is 0 Å². The number of amides is 1. The maximum absolute atomic E-state index is 11.6. The van der Waals surface area contributed by atoms with Crippen LogP contribution >= 0.6 is 0 Å². The zero-order valence-corrected chi connectivity index (χ0v) is 12.8. The summed E-state index contributed by atoms with van der Waals surface area (Å²) >= 11 is 0. The summed E-state index contributed by atoms with van der Waals surface area (Å²) in [4.78, 5) is 11.6. The maximum Gasteiger partial charge on any atom is 0.407 e. The summed E-state index contributed by atoms with van der Waals surface area (Å²) in [6, 6.07) is 0.268. The number of rotatable bonds is 6. The summed E-state index contributed by atoms with van der Waals surface area (Å²) < 4.78 is 10.4. The fourth-order valence-corrected chi connectivity index (χ4v) is 1.82. The third-order valence-corrected chi connectivity index (χ3v) is 3.10. The quantitative estimate of drug-likeness (QED) is 0.775. The normalized spacial score (nSPS) is 19.4. The first-order valence-corrected chi connectivity index (χ1v) is 7.02. The summed E-state index contributed by atoms with van der Waals surface area (Å²) in [7, 11) is 0. The van der Waals surface area contributed by atoms with E-state index < -0.39 is 5.60 Å². The second kappa shape index (κ2) is 6.57. The lowest BCUT2D eigenvalue weighted by Gasteiger charge is -2.39. The van der Waals surface area contributed by atoms with Gasteiger partial charge < -0.3 is 20.1 Å². The fourth-order valence-electron chi connectivity index (χ4n) is 1.82. The Morgan fingerprint density at radius 1 is 1.42 bits per heavy atom. The molecule has 1 aliphatic heterocycles. The summed E-state index contributed by atoms with van der Waals surface area (Å²) in [5.41, 5.74) is -0.199. The predicted molar refractivity (Wildman–Crippen MR) is 75.2 cm³/mol. The van der Waals surface area contributed by atoms with Gasteiger partial charge in [-0.05, 0) is 27.2 Å². The molecule has 0 bridgehead atoms. The first-order valence-electron chi connectivity index (χ1n) is 7.02. The Balaban J connectivity index is 2.22. The zero-order chi connectivity index (χ0) is 14.5. The third kappa shape index (κ3) is 6.25. The number of hydrogen-bond donors (Lipinski definition) is 2. The molecule has 0 aliphatic carbocycles. The molecule has 1 rings (SSSR count). The summed E-state index contributed by atoms with van der Waals surface area (Å²) in [6.45, 7) is 13.0. The molecule has 0 aromatic heterocycles. The molecular formula is C14H28N2O3. The fraction of sp³-hybridized carbons (Fsp3) is 0.929. The van der Waals surface area contributed by atoms with Crippen LogP contribution in [0.5, 0.6) is 0 Å². The summed E-state index contributed by atoms with van der Waals surface area (Å²) in [5, 5.41) is 6.29. The van der Waals surface area contributed by atoms with Gasteiger partial charge in [-0.1, -0.05) is 13.8 Å². The van der Waals surface area contributed by atoms with Gasteiger partial charge in [0.2, 0.25) is 0 Å². The van der Waals surface area contributed by atoms with Crippen LogP contribution in [-0.2, 0) is 9.47 Å². The van der Waals surface area contributed by atoms with Crippen molar-refractivity contribution in [3.05, 3.63) is 0 Å². The first kappa shape index (κ1) is 16.2. The van der Waals surface area contributed by atoms with E-state index in [4.69, 9.17) is 9.47 Å². The van der Waals surface area contributed by atoms with E-state index in [-0.39, 0.29) is 17.6 Å². The minimum absolute atomic E-state index is 0.249. The molecule has 1 atom stereocenters. The Morgan fingerprint density at radius 3 is 2.47 bits per heavy atom. The van der Waals surface area contributed by atoms with E-state index in [1.165, 1.54) is 0 Å². The van der Waals surface area contributed by atoms with Crippen molar-refractivity contribution in [2.45, 2.75) is 52.7 Å². The van der Waals surface area contributed by atoms with Gasteiger partial charge in [0, 0.05) is 24.5 Å². The average Bonchev–Trinajstić information content (AvgIpc) is 2.24. The van der Waals surface area contributed by atoms with Crippen LogP contribution in [0.4, 0.5) is 4.79 Å². The Morgan fingerprint density at radius 2 is 2.05 bits per heavy atom. The number of ether oxygens (including phenoxy) is 2. The molecule has 1 fully saturated rings. The van der Waals surface area contributed by atoms with Gasteiger partial charge in [0.25, 0.3) is 0 Å². The van der Waals surface area contributed by atoms with E-state index in [9.17, 15) is 4.79 Å². The molecule has 1 heterocycles. The second-order valence-corrected chi connectivity index (χ2v) is 6.67. The number of carbonyl (C=O) groups is 1. The van der Waals surface area contributed by atoms with Crippen molar-refractivity contribution in [1.82, 2.24) is 10.6 Å². The van der Waals surface area contributed by atoms with E-state index in [0.29, 0.717) is 6.54 Å². The molecule has 2 N–H and O–H groups in total. The van der Waals surface area contributed by atoms with Crippen LogP contribution < -0.4 is 10.6 Å². The maximum atomic E-state index is 11.6. The van der Waals surface area contributed by atoms with Crippen molar-refractivity contribution in [2.75, 3.05) is 26.3 Å². The second-order valence-electron chi connectivity index (χ2n) is 6.67. The lowest BCUT2D eigenvalue weighted by atomic mass is 9.88. The highest BCUT2D eigenvalue weighted by Crippen LogP contribution is 2.25. The van der Waals surface area contributed by atoms with Gasteiger partial charge in [-0.3, -0.25) is 0 Å². The lowest BCUT2D eigenvalue weighted by Crippen LogP contribution is -2.51. The van der Waals surface area contributed by atoms with Crippen molar-refractivity contribution < 1.29 is 14.3 Å². The molecule has 0 spiro atoms. The average molecular weight is 272 g/mol. The van der Waals surface area contributed by atoms with Crippen LogP contribution in [0.3, 0.4) is 0 Å². The Hall–Kier alpha value is -0.810. The highest BCUT2D eigenvalue weighted by atomic mass is 16.6. The minimum atomic E-state index is -0.448. The molecular weight excluding hydrogens is 244 g/mol. The number of hydrogen-bond acceptors (Lipinski definition) is 4. The summed E-state index contributed by atoms with van der Waals surface area (Å²) in [6.07, 6.45) is 0.609. The number of carbonyl (C=O) groups excluding carboxylic acids is 1. The van der Waals surface area contributed by atoms with Crippen molar-refractivity contribution in [3.63, 3.8) is 0 Å². The molecule has 5 heteroatoms. The Labute approximate surface area is 116 Å². The molecule has 0 aromatic carbocycles. The Kier molecular flexibility index (Phi) is 5.62. The van der Waals surface area contributed by atoms with Gasteiger partial charge in [-0.25, -0.2) is 4.79 Å². The SMILES string of the molecule is CCC(CNC(=O)OC(C)(C)C)NCC1(C)COC1. The van der Waals surface area contributed by atoms with E-state index in [2.05, 4.69) is 24.5 Å². The van der Waals surface area contributed by atoms with Crippen LogP contribution in [0.2, 0.25) is 0 Å². The minimum Gasteiger partial charge on any atom is -0.444 e.